The summed E-state index contributed by atoms with van der Waals surface area (Å²) in [7, 11) is -3.88. The van der Waals surface area contributed by atoms with E-state index in [1.54, 1.807) is 36.4 Å². The van der Waals surface area contributed by atoms with E-state index >= 15 is 0 Å². The summed E-state index contributed by atoms with van der Waals surface area (Å²) in [5, 5.41) is 9.30. The van der Waals surface area contributed by atoms with Crippen LogP contribution in [0.2, 0.25) is 0 Å². The molecule has 0 bridgehead atoms. The predicted octanol–water partition coefficient (Wildman–Crippen LogP) is 2.22. The fourth-order valence-electron chi connectivity index (χ4n) is 2.19. The number of sulfonamides is 1. The van der Waals surface area contributed by atoms with Crippen molar-refractivity contribution in [3.05, 3.63) is 65.7 Å². The minimum atomic E-state index is -3.88. The van der Waals surface area contributed by atoms with E-state index in [1.807, 2.05) is 13.0 Å². The first-order chi connectivity index (χ1) is 10.9. The summed E-state index contributed by atoms with van der Waals surface area (Å²) in [5.41, 5.74) is 1.77. The molecule has 2 aromatic carbocycles. The van der Waals surface area contributed by atoms with Crippen LogP contribution < -0.4 is 4.72 Å². The van der Waals surface area contributed by atoms with E-state index < -0.39 is 22.0 Å². The van der Waals surface area contributed by atoms with Crippen LogP contribution in [0.25, 0.3) is 0 Å². The molecule has 2 aromatic rings. The Morgan fingerprint density at radius 2 is 1.65 bits per heavy atom. The van der Waals surface area contributed by atoms with E-state index in [-0.39, 0.29) is 11.3 Å². The number of carbonyl (C=O) groups is 1. The molecule has 122 valence electrons. The van der Waals surface area contributed by atoms with Crippen LogP contribution in [-0.4, -0.2) is 25.5 Å². The largest absolute Gasteiger partial charge is 0.480 e. The topological polar surface area (TPSA) is 83.5 Å². The highest BCUT2D eigenvalue weighted by atomic mass is 32.2. The van der Waals surface area contributed by atoms with E-state index in [0.717, 1.165) is 17.5 Å². The molecule has 23 heavy (non-hydrogen) atoms. The fourth-order valence-corrected chi connectivity index (χ4v) is 3.38. The van der Waals surface area contributed by atoms with Crippen LogP contribution in [-0.2, 0) is 27.7 Å². The lowest BCUT2D eigenvalue weighted by Crippen LogP contribution is -2.42. The molecule has 2 N–H and O–H groups in total. The maximum Gasteiger partial charge on any atom is 0.322 e. The Hall–Kier alpha value is -2.18. The zero-order valence-corrected chi connectivity index (χ0v) is 13.6. The summed E-state index contributed by atoms with van der Waals surface area (Å²) in [6.07, 6.45) is 0.891. The standard InChI is InChI=1S/C17H19NO4S/c1-2-13-8-10-15(11-9-13)23(21,22)18-16(17(19)20)12-14-6-4-3-5-7-14/h3-11,16,18H,2,12H2,1H3,(H,19,20). The molecule has 5 nitrogen and oxygen atoms in total. The third-order valence-corrected chi connectivity index (χ3v) is 5.01. The highest BCUT2D eigenvalue weighted by molar-refractivity contribution is 7.89. The first-order valence-corrected chi connectivity index (χ1v) is 8.78. The number of carboxylic acids is 1. The van der Waals surface area contributed by atoms with Crippen LogP contribution in [0.5, 0.6) is 0 Å². The Labute approximate surface area is 136 Å². The van der Waals surface area contributed by atoms with Crippen LogP contribution >= 0.6 is 0 Å². The molecule has 2 rings (SSSR count). The Morgan fingerprint density at radius 1 is 1.04 bits per heavy atom. The van der Waals surface area contributed by atoms with Gasteiger partial charge in [-0.3, -0.25) is 4.79 Å². The molecule has 0 saturated heterocycles. The van der Waals surface area contributed by atoms with Crippen molar-refractivity contribution < 1.29 is 18.3 Å². The summed E-state index contributed by atoms with van der Waals surface area (Å²) in [6.45, 7) is 1.97. The predicted molar refractivity (Wildman–Crippen MR) is 87.7 cm³/mol. The Morgan fingerprint density at radius 3 is 2.17 bits per heavy atom. The summed E-state index contributed by atoms with van der Waals surface area (Å²) in [4.78, 5) is 11.5. The maximum atomic E-state index is 12.4. The zero-order chi connectivity index (χ0) is 16.9. The van der Waals surface area contributed by atoms with Crippen molar-refractivity contribution in [1.82, 2.24) is 4.72 Å². The zero-order valence-electron chi connectivity index (χ0n) is 12.8. The van der Waals surface area contributed by atoms with Gasteiger partial charge in [-0.15, -0.1) is 0 Å². The van der Waals surface area contributed by atoms with Crippen LogP contribution in [0.1, 0.15) is 18.1 Å². The van der Waals surface area contributed by atoms with Gasteiger partial charge in [-0.05, 0) is 36.1 Å². The highest BCUT2D eigenvalue weighted by Crippen LogP contribution is 2.13. The second-order valence-corrected chi connectivity index (χ2v) is 6.91. The van der Waals surface area contributed by atoms with Gasteiger partial charge in [0, 0.05) is 0 Å². The minimum Gasteiger partial charge on any atom is -0.480 e. The van der Waals surface area contributed by atoms with Crippen LogP contribution in [0.15, 0.2) is 59.5 Å². The number of hydrogen-bond acceptors (Lipinski definition) is 3. The van der Waals surface area contributed by atoms with E-state index in [0.29, 0.717) is 0 Å². The van der Waals surface area contributed by atoms with E-state index in [2.05, 4.69) is 4.72 Å². The van der Waals surface area contributed by atoms with Gasteiger partial charge in [0.15, 0.2) is 0 Å². The molecule has 1 unspecified atom stereocenters. The Kier molecular flexibility index (Phi) is 5.52. The molecule has 0 spiro atoms. The van der Waals surface area contributed by atoms with Gasteiger partial charge in [-0.2, -0.15) is 4.72 Å². The van der Waals surface area contributed by atoms with Crippen molar-refractivity contribution in [2.45, 2.75) is 30.7 Å². The highest BCUT2D eigenvalue weighted by Gasteiger charge is 2.25. The third kappa shape index (κ3) is 4.64. The third-order valence-electron chi connectivity index (χ3n) is 3.52. The van der Waals surface area contributed by atoms with Crippen LogP contribution in [0.3, 0.4) is 0 Å². The van der Waals surface area contributed by atoms with E-state index in [1.165, 1.54) is 12.1 Å². The van der Waals surface area contributed by atoms with E-state index in [9.17, 15) is 18.3 Å². The molecule has 0 aliphatic heterocycles. The van der Waals surface area contributed by atoms with Crippen molar-refractivity contribution in [3.63, 3.8) is 0 Å². The molecule has 0 saturated carbocycles. The van der Waals surface area contributed by atoms with Crippen molar-refractivity contribution in [2.24, 2.45) is 0 Å². The SMILES string of the molecule is CCc1ccc(S(=O)(=O)NC(Cc2ccccc2)C(=O)O)cc1. The second kappa shape index (κ2) is 7.39. The van der Waals surface area contributed by atoms with Crippen LogP contribution in [0.4, 0.5) is 0 Å². The number of rotatable bonds is 7. The van der Waals surface area contributed by atoms with E-state index in [4.69, 9.17) is 0 Å². The maximum absolute atomic E-state index is 12.4. The molecule has 1 atom stereocenters. The minimum absolute atomic E-state index is 0.0639. The quantitative estimate of drug-likeness (QED) is 0.814. The first kappa shape index (κ1) is 17.2. The van der Waals surface area contributed by atoms with Gasteiger partial charge >= 0.3 is 5.97 Å². The van der Waals surface area contributed by atoms with Crippen molar-refractivity contribution in [1.29, 1.82) is 0 Å². The van der Waals surface area contributed by atoms with Gasteiger partial charge in [-0.1, -0.05) is 49.4 Å². The van der Waals surface area contributed by atoms with Gasteiger partial charge in [0.2, 0.25) is 10.0 Å². The molecule has 6 heteroatoms. The fraction of sp³-hybridized carbons (Fsp3) is 0.235. The lowest BCUT2D eigenvalue weighted by atomic mass is 10.1. The summed E-state index contributed by atoms with van der Waals surface area (Å²) in [6, 6.07) is 14.1. The number of carboxylic acid groups (broad SMARTS) is 1. The molecule has 0 aromatic heterocycles. The number of aryl methyl sites for hydroxylation is 1. The number of benzene rings is 2. The smallest absolute Gasteiger partial charge is 0.322 e. The molecule has 0 radical (unpaired) electrons. The summed E-state index contributed by atoms with van der Waals surface area (Å²) < 4.78 is 27.0. The average Bonchev–Trinajstić information content (AvgIpc) is 2.55. The average molecular weight is 333 g/mol. The van der Waals surface area contributed by atoms with Gasteiger partial charge in [-0.25, -0.2) is 8.42 Å². The first-order valence-electron chi connectivity index (χ1n) is 7.30. The normalized spacial score (nSPS) is 12.7. The van der Waals surface area contributed by atoms with Crippen molar-refractivity contribution in [3.8, 4) is 0 Å². The Bertz CT molecular complexity index is 755. The second-order valence-electron chi connectivity index (χ2n) is 5.20. The van der Waals surface area contributed by atoms with Crippen molar-refractivity contribution in [2.75, 3.05) is 0 Å². The number of aliphatic carboxylic acids is 1. The molecule has 0 amide bonds. The number of nitrogens with one attached hydrogen (secondary N) is 1. The van der Waals surface area contributed by atoms with Gasteiger partial charge in [0.05, 0.1) is 4.90 Å². The summed E-state index contributed by atoms with van der Waals surface area (Å²) in [5.74, 6) is -1.21. The van der Waals surface area contributed by atoms with Gasteiger partial charge < -0.3 is 5.11 Å². The Balaban J connectivity index is 2.19. The number of hydrogen-bond donors (Lipinski definition) is 2. The lowest BCUT2D eigenvalue weighted by Gasteiger charge is -2.15. The summed E-state index contributed by atoms with van der Waals surface area (Å²) >= 11 is 0. The molecular weight excluding hydrogens is 314 g/mol. The molecule has 0 heterocycles. The molecule has 0 fully saturated rings. The monoisotopic (exact) mass is 333 g/mol. The van der Waals surface area contributed by atoms with Crippen molar-refractivity contribution >= 4 is 16.0 Å². The molecular formula is C17H19NO4S. The van der Waals surface area contributed by atoms with Gasteiger partial charge in [0.25, 0.3) is 0 Å². The lowest BCUT2D eigenvalue weighted by molar-refractivity contribution is -0.138. The van der Waals surface area contributed by atoms with Gasteiger partial charge in [0.1, 0.15) is 6.04 Å². The molecule has 0 aliphatic carbocycles. The van der Waals surface area contributed by atoms with Crippen LogP contribution in [0, 0.1) is 0 Å². The molecule has 0 aliphatic rings.